The van der Waals surface area contributed by atoms with E-state index < -0.39 is 0 Å². The van der Waals surface area contributed by atoms with Crippen molar-refractivity contribution in [2.24, 2.45) is 4.99 Å². The van der Waals surface area contributed by atoms with Crippen LogP contribution in [-0.2, 0) is 0 Å². The minimum atomic E-state index is 0.0228. The van der Waals surface area contributed by atoms with Crippen LogP contribution in [0.4, 0.5) is 0 Å². The summed E-state index contributed by atoms with van der Waals surface area (Å²) in [6, 6.07) is 106. The summed E-state index contributed by atoms with van der Waals surface area (Å²) in [4.78, 5) is 13.3. The molecule has 8 heteroatoms. The Morgan fingerprint density at radius 2 is 0.798 bits per heavy atom. The van der Waals surface area contributed by atoms with E-state index in [0.717, 1.165) is 78.7 Å². The van der Waals surface area contributed by atoms with Gasteiger partial charge in [0.25, 0.3) is 0 Å². The molecule has 3 aliphatic heterocycles. The molecule has 7 aromatic heterocycles. The Balaban J connectivity index is 0.659. The molecule has 436 valence electrons. The maximum absolute atomic E-state index is 5.53. The highest BCUT2D eigenvalue weighted by Crippen LogP contribution is 2.55. The fourth-order valence-electron chi connectivity index (χ4n) is 17.0. The number of para-hydroxylation sites is 5. The summed E-state index contributed by atoms with van der Waals surface area (Å²) < 4.78 is 12.2. The van der Waals surface area contributed by atoms with Crippen molar-refractivity contribution in [1.29, 1.82) is 0 Å². The molecule has 0 fully saturated rings. The van der Waals surface area contributed by atoms with Crippen molar-refractivity contribution in [3.8, 4) is 45.1 Å². The number of allylic oxidation sites excluding steroid dienone is 2. The third-order valence-corrected chi connectivity index (χ3v) is 20.9. The Morgan fingerprint density at radius 3 is 1.46 bits per heavy atom. The molecular weight excluding hydrogens is 1150 g/mol. The van der Waals surface area contributed by atoms with Crippen LogP contribution in [0.25, 0.3) is 166 Å². The molecule has 94 heavy (non-hydrogen) atoms. The zero-order valence-electron chi connectivity index (χ0n) is 50.6. The molecular formula is C86H52N8. The molecule has 10 heterocycles. The van der Waals surface area contributed by atoms with Crippen molar-refractivity contribution < 1.29 is 0 Å². The van der Waals surface area contributed by atoms with Crippen LogP contribution in [0, 0.1) is 0 Å². The zero-order chi connectivity index (χ0) is 61.0. The Bertz CT molecular complexity index is 6580. The molecule has 0 saturated heterocycles. The fourth-order valence-corrected chi connectivity index (χ4v) is 17.0. The predicted octanol–water partition coefficient (Wildman–Crippen LogP) is 21.2. The Kier molecular flexibility index (Phi) is 9.93. The third kappa shape index (κ3) is 6.69. The lowest BCUT2D eigenvalue weighted by molar-refractivity contribution is 0.433. The van der Waals surface area contributed by atoms with Gasteiger partial charge in [-0.05, 0) is 144 Å². The van der Waals surface area contributed by atoms with Crippen LogP contribution < -0.4 is 0 Å². The van der Waals surface area contributed by atoms with Crippen LogP contribution in [0.15, 0.2) is 308 Å². The first-order valence-corrected chi connectivity index (χ1v) is 32.5. The Hall–Kier alpha value is -12.5. The van der Waals surface area contributed by atoms with Crippen molar-refractivity contribution in [3.63, 3.8) is 0 Å². The molecule has 12 aromatic carbocycles. The van der Waals surface area contributed by atoms with E-state index in [9.17, 15) is 0 Å². The van der Waals surface area contributed by atoms with Crippen LogP contribution in [0.1, 0.15) is 28.8 Å². The molecule has 2 atom stereocenters. The van der Waals surface area contributed by atoms with Gasteiger partial charge in [0.15, 0.2) is 0 Å². The normalized spacial score (nSPS) is 15.3. The van der Waals surface area contributed by atoms with E-state index >= 15 is 0 Å². The number of amidine groups is 1. The number of benzene rings is 12. The molecule has 0 amide bonds. The second kappa shape index (κ2) is 18.6. The second-order valence-electron chi connectivity index (χ2n) is 25.6. The van der Waals surface area contributed by atoms with Gasteiger partial charge in [-0.3, -0.25) is 9.39 Å². The second-order valence-corrected chi connectivity index (χ2v) is 25.6. The Labute approximate surface area is 537 Å². The van der Waals surface area contributed by atoms with E-state index in [-0.39, 0.29) is 12.1 Å². The van der Waals surface area contributed by atoms with Crippen LogP contribution in [0.2, 0.25) is 0 Å². The van der Waals surface area contributed by atoms with Gasteiger partial charge in [0.2, 0.25) is 0 Å². The number of hydrogen-bond acceptors (Lipinski definition) is 3. The molecule has 3 aliphatic rings. The standard InChI is InChI=1S/C86H52N8/c1-2-18-51(19-3-1)83-85-65-42-38-53(48-69(65)76-32-16-34-81(87-83)93(76)85)89-75-31-15-10-25-62(75)68-47-55(40-45-79(68)89)90-74-30-14-9-24-61(74)67-46-52(36-44-78(67)90)57-20-4-5-26-64(57)84-86-66-43-39-54(49-70(66)77-33-17-35-82(88-84)94(77)86)92-73-29-13-8-23-60(73)63-41-37-56(50-80(63)92)91-71-27-11-6-21-58(71)59-22-7-12-28-72(59)91/h1-50,83,85H. The minimum Gasteiger partial charge on any atom is -0.316 e. The van der Waals surface area contributed by atoms with Gasteiger partial charge < -0.3 is 23.2 Å². The number of rotatable bonds is 7. The number of hydrogen-bond donors (Lipinski definition) is 0. The summed E-state index contributed by atoms with van der Waals surface area (Å²) in [6.45, 7) is 0. The summed E-state index contributed by atoms with van der Waals surface area (Å²) >= 11 is 0. The predicted molar refractivity (Wildman–Crippen MR) is 388 cm³/mol. The largest absolute Gasteiger partial charge is 0.316 e. The number of pyridine rings is 1. The maximum Gasteiger partial charge on any atom is 0.138 e. The van der Waals surface area contributed by atoms with Crippen molar-refractivity contribution in [1.82, 2.24) is 32.6 Å². The highest BCUT2D eigenvalue weighted by Gasteiger charge is 2.46. The van der Waals surface area contributed by atoms with Gasteiger partial charge >= 0.3 is 0 Å². The lowest BCUT2D eigenvalue weighted by Crippen LogP contribution is -2.24. The Morgan fingerprint density at radius 1 is 0.319 bits per heavy atom. The maximum atomic E-state index is 5.53. The molecule has 19 aromatic rings. The first kappa shape index (κ1) is 50.3. The molecule has 8 nitrogen and oxygen atoms in total. The van der Waals surface area contributed by atoms with Gasteiger partial charge in [-0.2, -0.15) is 0 Å². The first-order valence-electron chi connectivity index (χ1n) is 32.5. The van der Waals surface area contributed by atoms with Crippen LogP contribution >= 0.6 is 0 Å². The number of fused-ring (bicyclic) bond motifs is 18. The zero-order valence-corrected chi connectivity index (χ0v) is 50.6. The van der Waals surface area contributed by atoms with E-state index in [1.807, 2.05) is 0 Å². The minimum absolute atomic E-state index is 0.0228. The van der Waals surface area contributed by atoms with E-state index in [0.29, 0.717) is 0 Å². The summed E-state index contributed by atoms with van der Waals surface area (Å²) in [5.74, 6) is 1.03. The van der Waals surface area contributed by atoms with Gasteiger partial charge in [-0.25, -0.2) is 4.98 Å². The monoisotopic (exact) mass is 1200 g/mol. The third-order valence-electron chi connectivity index (χ3n) is 20.9. The molecule has 0 bridgehead atoms. The molecule has 22 rings (SSSR count). The summed E-state index contributed by atoms with van der Waals surface area (Å²) in [6.07, 6.45) is 6.57. The van der Waals surface area contributed by atoms with E-state index in [1.54, 1.807) is 0 Å². The lowest BCUT2D eigenvalue weighted by atomic mass is 9.94. The molecule has 0 aliphatic carbocycles. The molecule has 0 radical (unpaired) electrons. The van der Waals surface area contributed by atoms with Crippen molar-refractivity contribution in [2.75, 3.05) is 0 Å². The van der Waals surface area contributed by atoms with Gasteiger partial charge in [0.05, 0.1) is 72.6 Å². The topological polar surface area (TPSA) is 52.6 Å². The van der Waals surface area contributed by atoms with Gasteiger partial charge in [-0.15, -0.1) is 0 Å². The molecule has 0 spiro atoms. The van der Waals surface area contributed by atoms with E-state index in [1.165, 1.54) is 109 Å². The first-order chi connectivity index (χ1) is 46.6. The van der Waals surface area contributed by atoms with Crippen LogP contribution in [-0.4, -0.2) is 38.4 Å². The summed E-state index contributed by atoms with van der Waals surface area (Å²) in [5.41, 5.74) is 26.5. The average Bonchev–Trinajstić information content (AvgIpc) is 1.56. The molecule has 0 N–H and O–H groups in total. The van der Waals surface area contributed by atoms with Crippen LogP contribution in [0.3, 0.4) is 0 Å². The van der Waals surface area contributed by atoms with Crippen molar-refractivity contribution in [2.45, 2.75) is 12.1 Å². The number of imidazole rings is 1. The number of aliphatic imine (C=N–C) groups is 1. The van der Waals surface area contributed by atoms with Crippen molar-refractivity contribution in [3.05, 3.63) is 320 Å². The van der Waals surface area contributed by atoms with Gasteiger partial charge in [-0.1, -0.05) is 182 Å². The number of nitrogens with zero attached hydrogens (tertiary/aromatic N) is 8. The average molecular weight is 1200 g/mol. The quantitative estimate of drug-likeness (QED) is 0.160. The van der Waals surface area contributed by atoms with E-state index in [4.69, 9.17) is 9.98 Å². The molecule has 2 unspecified atom stereocenters. The van der Waals surface area contributed by atoms with Crippen molar-refractivity contribution >= 4 is 126 Å². The summed E-state index contributed by atoms with van der Waals surface area (Å²) in [7, 11) is 0. The van der Waals surface area contributed by atoms with Gasteiger partial charge in [0.1, 0.15) is 17.5 Å². The number of aromatic nitrogens is 6. The van der Waals surface area contributed by atoms with Gasteiger partial charge in [0, 0.05) is 87.7 Å². The van der Waals surface area contributed by atoms with Crippen LogP contribution in [0.5, 0.6) is 0 Å². The summed E-state index contributed by atoms with van der Waals surface area (Å²) in [5, 5.41) is 12.2. The highest BCUT2D eigenvalue weighted by atomic mass is 15.3. The van der Waals surface area contributed by atoms with E-state index in [2.05, 4.69) is 331 Å². The lowest BCUT2D eigenvalue weighted by Gasteiger charge is -2.25. The fraction of sp³-hybridized carbons (Fsp3) is 0.0233. The highest BCUT2D eigenvalue weighted by molar-refractivity contribution is 6.18. The molecule has 0 saturated carbocycles. The SMILES string of the molecule is C1=CC2=NC(c3ccccc3)C3c4ccc(-n5c6ccccc6c6cc(-n7c8ccccc8c8cc(-c9ccccc9-c9nc%10cccc%11c%12cc(-n%13c%14ccccc%14c%14ccc(-n%15c%16ccccc%16c%16ccccc%16%15)cc%14%13)ccc%12c9n%10%11)ccc87)ccc65)cc4C(=C1)N23. The smallest absolute Gasteiger partial charge is 0.138 e.